The van der Waals surface area contributed by atoms with Crippen LogP contribution in [0.2, 0.25) is 0 Å². The molecule has 0 fully saturated rings. The molecule has 0 aromatic rings. The Labute approximate surface area is 190 Å². The lowest BCUT2D eigenvalue weighted by atomic mass is 10.2. The molecule has 0 aliphatic rings. The molecule has 1 amide bonds. The first kappa shape index (κ1) is 34.5. The molecule has 0 saturated carbocycles. The van der Waals surface area contributed by atoms with Gasteiger partial charge in [0.1, 0.15) is 6.29 Å². The van der Waals surface area contributed by atoms with E-state index >= 15 is 0 Å². The van der Waals surface area contributed by atoms with Gasteiger partial charge in [-0.2, -0.15) is 0 Å². The van der Waals surface area contributed by atoms with Crippen molar-refractivity contribution in [3.63, 3.8) is 0 Å². The van der Waals surface area contributed by atoms with Crippen molar-refractivity contribution in [1.29, 1.82) is 0 Å². The van der Waals surface area contributed by atoms with Gasteiger partial charge in [-0.25, -0.2) is 0 Å². The lowest BCUT2D eigenvalue weighted by molar-refractivity contribution is -0.121. The van der Waals surface area contributed by atoms with Crippen LogP contribution in [0.25, 0.3) is 0 Å². The Morgan fingerprint density at radius 3 is 1.65 bits per heavy atom. The number of amides is 1. The second-order valence-corrected chi connectivity index (χ2v) is 6.56. The van der Waals surface area contributed by atoms with E-state index in [-0.39, 0.29) is 5.91 Å². The summed E-state index contributed by atoms with van der Waals surface area (Å²) in [7, 11) is 3.78. The number of nitrogens with one attached hydrogen (secondary N) is 3. The van der Waals surface area contributed by atoms with Crippen LogP contribution in [-0.4, -0.2) is 98.8 Å². The third-order valence-electron chi connectivity index (χ3n) is 3.28. The molecule has 0 heterocycles. The van der Waals surface area contributed by atoms with Crippen LogP contribution in [0.5, 0.6) is 0 Å². The molecule has 0 saturated heterocycles. The van der Waals surface area contributed by atoms with Gasteiger partial charge in [0.25, 0.3) is 0 Å². The van der Waals surface area contributed by atoms with E-state index in [0.29, 0.717) is 78.8 Å². The highest BCUT2D eigenvalue weighted by atomic mass is 16.6. The molecule has 0 rings (SSSR count). The largest absolute Gasteiger partial charge is 0.379 e. The Morgan fingerprint density at radius 1 is 0.774 bits per heavy atom. The van der Waals surface area contributed by atoms with Gasteiger partial charge in [-0.05, 0) is 26.6 Å². The zero-order chi connectivity index (χ0) is 24.0. The van der Waals surface area contributed by atoms with Crippen molar-refractivity contribution < 1.29 is 28.5 Å². The van der Waals surface area contributed by atoms with Gasteiger partial charge in [-0.1, -0.05) is 27.7 Å². The van der Waals surface area contributed by atoms with Crippen molar-refractivity contribution in [3.05, 3.63) is 0 Å². The molecule has 0 unspecified atom stereocenters. The van der Waals surface area contributed by atoms with Gasteiger partial charge in [0.05, 0.1) is 52.9 Å². The van der Waals surface area contributed by atoms with Crippen molar-refractivity contribution in [2.24, 2.45) is 5.92 Å². The number of ether oxygens (including phenoxy) is 4. The average molecular weight is 452 g/mol. The van der Waals surface area contributed by atoms with E-state index in [2.05, 4.69) is 29.8 Å². The predicted molar refractivity (Wildman–Crippen MR) is 126 cm³/mol. The fraction of sp³-hybridized carbons (Fsp3) is 0.909. The number of aldehydes is 1. The van der Waals surface area contributed by atoms with E-state index < -0.39 is 0 Å². The Balaban J connectivity index is -0.000000836. The zero-order valence-electron chi connectivity index (χ0n) is 20.8. The Kier molecular flexibility index (Phi) is 37.3. The lowest BCUT2D eigenvalue weighted by Crippen LogP contribution is -2.29. The number of carbonyl (C=O) groups is 2. The van der Waals surface area contributed by atoms with Crippen molar-refractivity contribution in [3.8, 4) is 0 Å². The highest BCUT2D eigenvalue weighted by Crippen LogP contribution is 1.84. The first-order valence-corrected chi connectivity index (χ1v) is 11.4. The number of hydrogen-bond donors (Lipinski definition) is 3. The standard InChI is InChI=1S/C15H30N2O6.C5H13N.C2H6/c1-16-4-3-15(19)17-5-8-21-10-12-23-14-13-22-11-9-20-7-2-6-18;1-5(2)4-6-3;1-2/h6,16H,2-5,7-14H2,1H3,(H,17,19);5-6H,4H2,1-3H3;1-2H3. The molecule has 3 N–H and O–H groups in total. The van der Waals surface area contributed by atoms with E-state index in [1.54, 1.807) is 0 Å². The maximum atomic E-state index is 11.3. The van der Waals surface area contributed by atoms with E-state index in [1.165, 1.54) is 0 Å². The van der Waals surface area contributed by atoms with Crippen LogP contribution in [0.1, 0.15) is 40.5 Å². The molecule has 0 radical (unpaired) electrons. The quantitative estimate of drug-likeness (QED) is 0.188. The molecule has 9 nitrogen and oxygen atoms in total. The topological polar surface area (TPSA) is 107 Å². The summed E-state index contributed by atoms with van der Waals surface area (Å²) in [6.45, 7) is 14.6. The monoisotopic (exact) mass is 451 g/mol. The molecule has 9 heteroatoms. The highest BCUT2D eigenvalue weighted by molar-refractivity contribution is 5.75. The molecule has 0 aliphatic heterocycles. The van der Waals surface area contributed by atoms with E-state index in [1.807, 2.05) is 27.9 Å². The van der Waals surface area contributed by atoms with Crippen LogP contribution in [0, 0.1) is 5.92 Å². The first-order valence-electron chi connectivity index (χ1n) is 11.4. The van der Waals surface area contributed by atoms with Gasteiger partial charge in [-0.15, -0.1) is 0 Å². The minimum atomic E-state index is 0.0199. The van der Waals surface area contributed by atoms with Crippen LogP contribution >= 0.6 is 0 Å². The SMILES string of the molecule is CC.CNCC(C)C.CNCCC(=O)NCCOCCOCCOCCOCCC=O. The van der Waals surface area contributed by atoms with E-state index in [0.717, 1.165) is 18.7 Å². The molecule has 188 valence electrons. The average Bonchev–Trinajstić information content (AvgIpc) is 2.76. The fourth-order valence-corrected chi connectivity index (χ4v) is 1.89. The van der Waals surface area contributed by atoms with Gasteiger partial charge >= 0.3 is 0 Å². The van der Waals surface area contributed by atoms with Crippen LogP contribution in [0.15, 0.2) is 0 Å². The molecule has 0 aromatic carbocycles. The van der Waals surface area contributed by atoms with Gasteiger partial charge in [0.2, 0.25) is 5.91 Å². The molecule has 0 atom stereocenters. The van der Waals surface area contributed by atoms with Crippen molar-refractivity contribution in [2.75, 3.05) is 86.6 Å². The van der Waals surface area contributed by atoms with Gasteiger partial charge in [-0.3, -0.25) is 4.79 Å². The normalized spacial score (nSPS) is 10.0. The smallest absolute Gasteiger partial charge is 0.221 e. The number of carbonyl (C=O) groups excluding carboxylic acids is 2. The maximum Gasteiger partial charge on any atom is 0.221 e. The summed E-state index contributed by atoms with van der Waals surface area (Å²) in [4.78, 5) is 21.3. The minimum Gasteiger partial charge on any atom is -0.379 e. The summed E-state index contributed by atoms with van der Waals surface area (Å²) in [5, 5.41) is 8.75. The molecule has 31 heavy (non-hydrogen) atoms. The van der Waals surface area contributed by atoms with Gasteiger partial charge < -0.3 is 39.7 Å². The third kappa shape index (κ3) is 39.9. The Morgan fingerprint density at radius 2 is 1.26 bits per heavy atom. The summed E-state index contributed by atoms with van der Waals surface area (Å²) in [6.07, 6.45) is 1.72. The molecule has 0 aliphatic carbocycles. The summed E-state index contributed by atoms with van der Waals surface area (Å²) in [5.74, 6) is 0.807. The summed E-state index contributed by atoms with van der Waals surface area (Å²) in [6, 6.07) is 0. The number of hydrogen-bond acceptors (Lipinski definition) is 8. The van der Waals surface area contributed by atoms with Crippen LogP contribution in [-0.2, 0) is 28.5 Å². The summed E-state index contributed by atoms with van der Waals surface area (Å²) in [5.41, 5.74) is 0. The maximum absolute atomic E-state index is 11.3. The molecular weight excluding hydrogens is 402 g/mol. The van der Waals surface area contributed by atoms with Crippen LogP contribution < -0.4 is 16.0 Å². The zero-order valence-corrected chi connectivity index (χ0v) is 20.8. The second kappa shape index (κ2) is 33.5. The van der Waals surface area contributed by atoms with Crippen LogP contribution in [0.4, 0.5) is 0 Å². The molecular formula is C22H49N3O6. The van der Waals surface area contributed by atoms with Gasteiger partial charge in [0.15, 0.2) is 0 Å². The number of rotatable bonds is 20. The Hall–Kier alpha value is -1.10. The Bertz CT molecular complexity index is 347. The van der Waals surface area contributed by atoms with Crippen LogP contribution in [0.3, 0.4) is 0 Å². The molecule has 0 aromatic heterocycles. The third-order valence-corrected chi connectivity index (χ3v) is 3.28. The predicted octanol–water partition coefficient (Wildman–Crippen LogP) is 1.26. The summed E-state index contributed by atoms with van der Waals surface area (Å²) >= 11 is 0. The van der Waals surface area contributed by atoms with Crippen molar-refractivity contribution in [1.82, 2.24) is 16.0 Å². The van der Waals surface area contributed by atoms with E-state index in [4.69, 9.17) is 18.9 Å². The van der Waals surface area contributed by atoms with Crippen molar-refractivity contribution >= 4 is 12.2 Å². The fourth-order valence-electron chi connectivity index (χ4n) is 1.89. The molecule has 0 bridgehead atoms. The summed E-state index contributed by atoms with van der Waals surface area (Å²) < 4.78 is 21.1. The molecule has 0 spiro atoms. The second-order valence-electron chi connectivity index (χ2n) is 6.56. The first-order chi connectivity index (χ1) is 15.1. The minimum absolute atomic E-state index is 0.0199. The highest BCUT2D eigenvalue weighted by Gasteiger charge is 1.98. The van der Waals surface area contributed by atoms with Gasteiger partial charge in [0, 0.05) is 25.9 Å². The van der Waals surface area contributed by atoms with Crippen molar-refractivity contribution in [2.45, 2.75) is 40.5 Å². The lowest BCUT2D eigenvalue weighted by Gasteiger charge is -2.08. The van der Waals surface area contributed by atoms with E-state index in [9.17, 15) is 9.59 Å².